The van der Waals surface area contributed by atoms with Crippen LogP contribution in [0, 0.1) is 0 Å². The van der Waals surface area contributed by atoms with E-state index in [4.69, 9.17) is 0 Å². The molecule has 6 heteroatoms. The quantitative estimate of drug-likeness (QED) is 0.746. The van der Waals surface area contributed by atoms with Crippen LogP contribution >= 0.6 is 0 Å². The van der Waals surface area contributed by atoms with Crippen LogP contribution in [0.2, 0.25) is 0 Å². The van der Waals surface area contributed by atoms with Gasteiger partial charge in [0.2, 0.25) is 0 Å². The summed E-state index contributed by atoms with van der Waals surface area (Å²) < 4.78 is 1.17. The fourth-order valence-corrected chi connectivity index (χ4v) is 2.74. The molecule has 1 aromatic heterocycles. The lowest BCUT2D eigenvalue weighted by Gasteiger charge is -2.23. The summed E-state index contributed by atoms with van der Waals surface area (Å²) in [5, 5.41) is 13.3. The second-order valence-electron chi connectivity index (χ2n) is 5.19. The number of phenols is 1. The van der Waals surface area contributed by atoms with Gasteiger partial charge in [-0.15, -0.1) is 0 Å². The molecule has 1 fully saturated rings. The fraction of sp³-hybridized carbons (Fsp3) is 0.429. The van der Waals surface area contributed by atoms with Crippen molar-refractivity contribution in [3.05, 3.63) is 39.0 Å². The van der Waals surface area contributed by atoms with Gasteiger partial charge in [-0.1, -0.05) is 12.5 Å². The highest BCUT2D eigenvalue weighted by Gasteiger charge is 2.17. The maximum atomic E-state index is 12.4. The van der Waals surface area contributed by atoms with E-state index in [1.54, 1.807) is 12.1 Å². The van der Waals surface area contributed by atoms with Crippen LogP contribution in [0.15, 0.2) is 27.8 Å². The molecule has 0 aliphatic carbocycles. The molecule has 0 bridgehead atoms. The molecule has 0 spiro atoms. The fourth-order valence-electron chi connectivity index (χ4n) is 2.74. The van der Waals surface area contributed by atoms with Crippen molar-refractivity contribution >= 4 is 10.9 Å². The molecule has 6 nitrogen and oxygen atoms in total. The first kappa shape index (κ1) is 12.9. The van der Waals surface area contributed by atoms with Crippen molar-refractivity contribution in [3.63, 3.8) is 0 Å². The van der Waals surface area contributed by atoms with Gasteiger partial charge in [0.25, 0.3) is 5.56 Å². The van der Waals surface area contributed by atoms with Gasteiger partial charge in [0.05, 0.1) is 5.52 Å². The Hall–Kier alpha value is -2.08. The zero-order valence-electron chi connectivity index (χ0n) is 11.1. The maximum absolute atomic E-state index is 12.4. The van der Waals surface area contributed by atoms with E-state index >= 15 is 0 Å². The highest BCUT2D eigenvalue weighted by atomic mass is 16.3. The average molecular weight is 275 g/mol. The molecule has 0 saturated carbocycles. The monoisotopic (exact) mass is 275 g/mol. The van der Waals surface area contributed by atoms with E-state index in [1.807, 2.05) is 0 Å². The minimum absolute atomic E-state index is 0.103. The third-order valence-corrected chi connectivity index (χ3v) is 3.80. The molecule has 1 aliphatic rings. The van der Waals surface area contributed by atoms with E-state index in [2.05, 4.69) is 10.3 Å². The van der Waals surface area contributed by atoms with E-state index in [0.29, 0.717) is 12.1 Å². The Morgan fingerprint density at radius 2 is 2.15 bits per heavy atom. The second-order valence-corrected chi connectivity index (χ2v) is 5.19. The predicted molar refractivity (Wildman–Crippen MR) is 76.1 cm³/mol. The largest absolute Gasteiger partial charge is 0.507 e. The molecule has 1 atom stereocenters. The highest BCUT2D eigenvalue weighted by molar-refractivity contribution is 5.83. The Balaban J connectivity index is 2.08. The SMILES string of the molecule is O=c1[nH]c2cccc(O)c2c(=O)n1CC1CCCCN1. The minimum atomic E-state index is -0.436. The number of piperidine rings is 1. The lowest BCUT2D eigenvalue weighted by molar-refractivity contribution is 0.355. The maximum Gasteiger partial charge on any atom is 0.328 e. The van der Waals surface area contributed by atoms with E-state index in [0.717, 1.165) is 25.8 Å². The summed E-state index contributed by atoms with van der Waals surface area (Å²) in [6, 6.07) is 4.79. The van der Waals surface area contributed by atoms with Crippen molar-refractivity contribution < 1.29 is 5.11 Å². The number of fused-ring (bicyclic) bond motifs is 1. The molecule has 0 radical (unpaired) electrons. The minimum Gasteiger partial charge on any atom is -0.507 e. The Bertz CT molecular complexity index is 741. The summed E-state index contributed by atoms with van der Waals surface area (Å²) in [5.41, 5.74) is -0.498. The van der Waals surface area contributed by atoms with Crippen molar-refractivity contribution in [1.29, 1.82) is 0 Å². The number of nitrogens with zero attached hydrogens (tertiary/aromatic N) is 1. The molecule has 0 amide bonds. The number of H-pyrrole nitrogens is 1. The van der Waals surface area contributed by atoms with Crippen LogP contribution < -0.4 is 16.6 Å². The Kier molecular flexibility index (Phi) is 3.31. The number of aromatic amines is 1. The number of aromatic nitrogens is 2. The highest BCUT2D eigenvalue weighted by Crippen LogP contribution is 2.17. The van der Waals surface area contributed by atoms with Gasteiger partial charge < -0.3 is 15.4 Å². The van der Waals surface area contributed by atoms with E-state index in [-0.39, 0.29) is 17.2 Å². The molecular formula is C14H17N3O3. The molecule has 1 aromatic carbocycles. The topological polar surface area (TPSA) is 87.1 Å². The lowest BCUT2D eigenvalue weighted by atomic mass is 10.1. The Morgan fingerprint density at radius 3 is 2.90 bits per heavy atom. The predicted octanol–water partition coefficient (Wildman–Crippen LogP) is 0.537. The van der Waals surface area contributed by atoms with Crippen LogP contribution in [0.5, 0.6) is 5.75 Å². The smallest absolute Gasteiger partial charge is 0.328 e. The van der Waals surface area contributed by atoms with Crippen LogP contribution in [0.1, 0.15) is 19.3 Å². The van der Waals surface area contributed by atoms with Gasteiger partial charge in [0, 0.05) is 12.6 Å². The zero-order chi connectivity index (χ0) is 14.1. The molecular weight excluding hydrogens is 258 g/mol. The number of phenolic OH excluding ortho intramolecular Hbond substituents is 1. The summed E-state index contributed by atoms with van der Waals surface area (Å²) in [7, 11) is 0. The number of rotatable bonds is 2. The molecule has 1 unspecified atom stereocenters. The first-order valence-electron chi connectivity index (χ1n) is 6.85. The van der Waals surface area contributed by atoms with Gasteiger partial charge in [-0.3, -0.25) is 9.36 Å². The van der Waals surface area contributed by atoms with Crippen LogP contribution in [-0.2, 0) is 6.54 Å². The van der Waals surface area contributed by atoms with Gasteiger partial charge in [-0.2, -0.15) is 0 Å². The van der Waals surface area contributed by atoms with Crippen LogP contribution in [-0.4, -0.2) is 27.2 Å². The molecule has 2 aromatic rings. The number of hydrogen-bond donors (Lipinski definition) is 3. The van der Waals surface area contributed by atoms with Crippen molar-refractivity contribution in [2.24, 2.45) is 0 Å². The van der Waals surface area contributed by atoms with Gasteiger partial charge in [0.15, 0.2) is 0 Å². The molecule has 1 saturated heterocycles. The van der Waals surface area contributed by atoms with Crippen LogP contribution in [0.25, 0.3) is 10.9 Å². The Labute approximate surface area is 115 Å². The van der Waals surface area contributed by atoms with Crippen molar-refractivity contribution in [2.45, 2.75) is 31.8 Å². The van der Waals surface area contributed by atoms with Crippen molar-refractivity contribution in [1.82, 2.24) is 14.9 Å². The third kappa shape index (κ3) is 2.22. The van der Waals surface area contributed by atoms with Gasteiger partial charge in [-0.05, 0) is 31.5 Å². The van der Waals surface area contributed by atoms with Crippen LogP contribution in [0.3, 0.4) is 0 Å². The van der Waals surface area contributed by atoms with Gasteiger partial charge in [0.1, 0.15) is 11.1 Å². The molecule has 2 heterocycles. The molecule has 3 N–H and O–H groups in total. The first-order valence-corrected chi connectivity index (χ1v) is 6.85. The zero-order valence-corrected chi connectivity index (χ0v) is 11.1. The van der Waals surface area contributed by atoms with E-state index in [9.17, 15) is 14.7 Å². The van der Waals surface area contributed by atoms with Crippen molar-refractivity contribution in [3.8, 4) is 5.75 Å². The summed E-state index contributed by atoms with van der Waals surface area (Å²) in [5.74, 6) is -0.103. The van der Waals surface area contributed by atoms with E-state index in [1.165, 1.54) is 10.6 Å². The number of benzene rings is 1. The first-order chi connectivity index (χ1) is 9.66. The van der Waals surface area contributed by atoms with E-state index < -0.39 is 11.2 Å². The standard InChI is InChI=1S/C14H17N3O3/c18-11-6-3-5-10-12(11)13(19)17(14(20)16-10)8-9-4-1-2-7-15-9/h3,5-6,9,15,18H,1-2,4,7-8H2,(H,16,20). The summed E-state index contributed by atoms with van der Waals surface area (Å²) in [6.45, 7) is 1.24. The van der Waals surface area contributed by atoms with Gasteiger partial charge >= 0.3 is 5.69 Å². The number of hydrogen-bond acceptors (Lipinski definition) is 4. The lowest BCUT2D eigenvalue weighted by Crippen LogP contribution is -2.44. The summed E-state index contributed by atoms with van der Waals surface area (Å²) in [6.07, 6.45) is 3.17. The number of nitrogens with one attached hydrogen (secondary N) is 2. The molecule has 20 heavy (non-hydrogen) atoms. The van der Waals surface area contributed by atoms with Gasteiger partial charge in [-0.25, -0.2) is 4.79 Å². The summed E-state index contributed by atoms with van der Waals surface area (Å²) >= 11 is 0. The normalized spacial score (nSPS) is 19.3. The Morgan fingerprint density at radius 1 is 1.30 bits per heavy atom. The molecule has 1 aliphatic heterocycles. The summed E-state index contributed by atoms with van der Waals surface area (Å²) in [4.78, 5) is 27.1. The molecule has 106 valence electrons. The molecule has 3 rings (SSSR count). The second kappa shape index (κ2) is 5.13. The average Bonchev–Trinajstić information content (AvgIpc) is 2.44. The number of aromatic hydroxyl groups is 1. The van der Waals surface area contributed by atoms with Crippen molar-refractivity contribution in [2.75, 3.05) is 6.54 Å². The third-order valence-electron chi connectivity index (χ3n) is 3.80. The van der Waals surface area contributed by atoms with Crippen LogP contribution in [0.4, 0.5) is 0 Å².